The third kappa shape index (κ3) is 3.85. The molecule has 6 heteroatoms. The molecule has 0 saturated heterocycles. The van der Waals surface area contributed by atoms with E-state index in [4.69, 9.17) is 9.72 Å². The van der Waals surface area contributed by atoms with Crippen LogP contribution < -0.4 is 4.74 Å². The van der Waals surface area contributed by atoms with Gasteiger partial charge in [0.25, 0.3) is 0 Å². The van der Waals surface area contributed by atoms with Crippen LogP contribution in [0.2, 0.25) is 0 Å². The summed E-state index contributed by atoms with van der Waals surface area (Å²) in [5.74, 6) is 0.856. The van der Waals surface area contributed by atoms with Crippen LogP contribution in [0.25, 0.3) is 32.7 Å². The van der Waals surface area contributed by atoms with Crippen molar-refractivity contribution in [1.82, 2.24) is 9.55 Å². The number of fused-ring (bicyclic) bond motifs is 3. The standard InChI is InChI=1S/C29H22N4O2/c34-29-28(23-14-6-9-17-26(23)33(29)18-19-35-20-10-2-1-3-11-20)32-31-27-21-12-4-7-15-24(21)30-25-16-8-5-13-22(25)27/h1-17,34H,18-19H2. The summed E-state index contributed by atoms with van der Waals surface area (Å²) in [7, 11) is 0. The summed E-state index contributed by atoms with van der Waals surface area (Å²) in [6, 6.07) is 33.2. The molecule has 2 aromatic heterocycles. The topological polar surface area (TPSA) is 72.0 Å². The predicted octanol–water partition coefficient (Wildman–Crippen LogP) is 7.54. The van der Waals surface area contributed by atoms with Crippen molar-refractivity contribution in [2.24, 2.45) is 10.2 Å². The zero-order valence-electron chi connectivity index (χ0n) is 18.9. The zero-order valence-corrected chi connectivity index (χ0v) is 18.9. The van der Waals surface area contributed by atoms with E-state index in [-0.39, 0.29) is 5.88 Å². The van der Waals surface area contributed by atoms with Crippen LogP contribution in [0.4, 0.5) is 11.4 Å². The molecule has 0 spiro atoms. The van der Waals surface area contributed by atoms with E-state index in [0.29, 0.717) is 18.8 Å². The van der Waals surface area contributed by atoms with Crippen LogP contribution in [0.3, 0.4) is 0 Å². The highest BCUT2D eigenvalue weighted by atomic mass is 16.5. The number of aromatic nitrogens is 2. The molecule has 35 heavy (non-hydrogen) atoms. The van der Waals surface area contributed by atoms with Crippen LogP contribution in [0.15, 0.2) is 113 Å². The lowest BCUT2D eigenvalue weighted by Crippen LogP contribution is -2.07. The van der Waals surface area contributed by atoms with Gasteiger partial charge in [-0.15, -0.1) is 10.2 Å². The van der Waals surface area contributed by atoms with E-state index in [1.807, 2.05) is 108 Å². The van der Waals surface area contributed by atoms with Crippen molar-refractivity contribution < 1.29 is 9.84 Å². The van der Waals surface area contributed by atoms with Gasteiger partial charge in [-0.25, -0.2) is 4.98 Å². The molecule has 0 aliphatic carbocycles. The Morgan fingerprint density at radius 1 is 0.657 bits per heavy atom. The molecule has 0 aliphatic rings. The number of ether oxygens (including phenoxy) is 1. The lowest BCUT2D eigenvalue weighted by molar-refractivity contribution is 0.290. The Balaban J connectivity index is 1.41. The van der Waals surface area contributed by atoms with E-state index in [1.54, 1.807) is 0 Å². The first-order valence-corrected chi connectivity index (χ1v) is 11.5. The summed E-state index contributed by atoms with van der Waals surface area (Å²) in [5.41, 5.74) is 3.75. The van der Waals surface area contributed by atoms with Crippen molar-refractivity contribution in [3.05, 3.63) is 103 Å². The van der Waals surface area contributed by atoms with Crippen LogP contribution in [0.1, 0.15) is 0 Å². The Morgan fingerprint density at radius 3 is 1.94 bits per heavy atom. The van der Waals surface area contributed by atoms with E-state index in [2.05, 4.69) is 10.2 Å². The molecule has 170 valence electrons. The maximum absolute atomic E-state index is 11.2. The molecule has 4 aromatic carbocycles. The molecule has 0 unspecified atom stereocenters. The second-order valence-electron chi connectivity index (χ2n) is 8.20. The van der Waals surface area contributed by atoms with Crippen LogP contribution in [-0.2, 0) is 6.54 Å². The number of hydrogen-bond acceptors (Lipinski definition) is 5. The summed E-state index contributed by atoms with van der Waals surface area (Å²) in [6.45, 7) is 0.879. The van der Waals surface area contributed by atoms with Gasteiger partial charge in [0.2, 0.25) is 5.88 Å². The number of hydrogen-bond donors (Lipinski definition) is 1. The number of nitrogens with zero attached hydrogens (tertiary/aromatic N) is 4. The van der Waals surface area contributed by atoms with Crippen molar-refractivity contribution in [3.63, 3.8) is 0 Å². The summed E-state index contributed by atoms with van der Waals surface area (Å²) < 4.78 is 7.67. The molecule has 0 bridgehead atoms. The molecular weight excluding hydrogens is 436 g/mol. The van der Waals surface area contributed by atoms with Gasteiger partial charge in [-0.2, -0.15) is 0 Å². The van der Waals surface area contributed by atoms with Crippen molar-refractivity contribution >= 4 is 44.1 Å². The molecule has 0 amide bonds. The van der Waals surface area contributed by atoms with Gasteiger partial charge in [0.05, 0.1) is 23.1 Å². The third-order valence-electron chi connectivity index (χ3n) is 6.05. The number of pyridine rings is 1. The average molecular weight is 459 g/mol. The summed E-state index contributed by atoms with van der Waals surface area (Å²) in [5, 5.41) is 23.1. The van der Waals surface area contributed by atoms with Crippen molar-refractivity contribution in [3.8, 4) is 11.6 Å². The number of para-hydroxylation sites is 4. The van der Waals surface area contributed by atoms with Crippen molar-refractivity contribution in [2.75, 3.05) is 6.61 Å². The quantitative estimate of drug-likeness (QED) is 0.207. The van der Waals surface area contributed by atoms with Gasteiger partial charge in [-0.05, 0) is 30.3 Å². The maximum atomic E-state index is 11.2. The number of aromatic hydroxyl groups is 1. The average Bonchev–Trinajstić information content (AvgIpc) is 3.17. The molecule has 0 aliphatic heterocycles. The molecule has 0 fully saturated rings. The fourth-order valence-corrected chi connectivity index (χ4v) is 4.39. The Morgan fingerprint density at radius 2 is 1.23 bits per heavy atom. The molecular formula is C29H22N4O2. The van der Waals surface area contributed by atoms with E-state index >= 15 is 0 Å². The summed E-state index contributed by atoms with van der Waals surface area (Å²) in [6.07, 6.45) is 0. The molecule has 2 heterocycles. The monoisotopic (exact) mass is 458 g/mol. The lowest BCUT2D eigenvalue weighted by Gasteiger charge is -2.09. The first kappa shape index (κ1) is 20.9. The van der Waals surface area contributed by atoms with Crippen molar-refractivity contribution in [2.45, 2.75) is 6.54 Å². The van der Waals surface area contributed by atoms with Crippen LogP contribution in [-0.4, -0.2) is 21.3 Å². The predicted molar refractivity (Wildman–Crippen MR) is 139 cm³/mol. The van der Waals surface area contributed by atoms with E-state index in [1.165, 1.54) is 0 Å². The van der Waals surface area contributed by atoms with Crippen LogP contribution >= 0.6 is 0 Å². The fraction of sp³-hybridized carbons (Fsp3) is 0.0690. The summed E-state index contributed by atoms with van der Waals surface area (Å²) in [4.78, 5) is 4.75. The van der Waals surface area contributed by atoms with Crippen LogP contribution in [0.5, 0.6) is 11.6 Å². The number of rotatable bonds is 6. The normalized spacial score (nSPS) is 11.7. The molecule has 0 radical (unpaired) electrons. The minimum absolute atomic E-state index is 0.0641. The van der Waals surface area contributed by atoms with Gasteiger partial charge in [-0.3, -0.25) is 0 Å². The van der Waals surface area contributed by atoms with Crippen LogP contribution in [0, 0.1) is 0 Å². The van der Waals surface area contributed by atoms with E-state index < -0.39 is 0 Å². The second-order valence-corrected chi connectivity index (χ2v) is 8.20. The van der Waals surface area contributed by atoms with Gasteiger partial charge >= 0.3 is 0 Å². The van der Waals surface area contributed by atoms with Gasteiger partial charge in [0.15, 0.2) is 5.69 Å². The molecule has 6 nitrogen and oxygen atoms in total. The van der Waals surface area contributed by atoms with Gasteiger partial charge in [0, 0.05) is 16.2 Å². The zero-order chi connectivity index (χ0) is 23.6. The summed E-state index contributed by atoms with van der Waals surface area (Å²) >= 11 is 0. The molecule has 0 atom stereocenters. The van der Waals surface area contributed by atoms with Crippen molar-refractivity contribution in [1.29, 1.82) is 0 Å². The molecule has 1 N–H and O–H groups in total. The lowest BCUT2D eigenvalue weighted by atomic mass is 10.1. The Hall–Kier alpha value is -4.71. The SMILES string of the molecule is Oc1c(N=Nc2c3ccccc3nc3ccccc23)c2ccccc2n1CCOc1ccccc1. The van der Waals surface area contributed by atoms with E-state index in [0.717, 1.165) is 44.1 Å². The highest BCUT2D eigenvalue weighted by molar-refractivity contribution is 6.06. The fourth-order valence-electron chi connectivity index (χ4n) is 4.39. The van der Waals surface area contributed by atoms with Gasteiger partial charge < -0.3 is 14.4 Å². The Bertz CT molecular complexity index is 1640. The van der Waals surface area contributed by atoms with Gasteiger partial charge in [0.1, 0.15) is 18.0 Å². The maximum Gasteiger partial charge on any atom is 0.220 e. The first-order chi connectivity index (χ1) is 17.3. The molecule has 6 rings (SSSR count). The minimum atomic E-state index is 0.0641. The second kappa shape index (κ2) is 8.91. The Kier molecular flexibility index (Phi) is 5.31. The number of benzene rings is 4. The Labute approximate surface area is 201 Å². The minimum Gasteiger partial charge on any atom is -0.493 e. The van der Waals surface area contributed by atoms with E-state index in [9.17, 15) is 5.11 Å². The molecule has 6 aromatic rings. The number of azo groups is 1. The highest BCUT2D eigenvalue weighted by Gasteiger charge is 2.17. The molecule has 0 saturated carbocycles. The van der Waals surface area contributed by atoms with Gasteiger partial charge in [-0.1, -0.05) is 72.8 Å². The largest absolute Gasteiger partial charge is 0.493 e. The smallest absolute Gasteiger partial charge is 0.220 e. The third-order valence-corrected chi connectivity index (χ3v) is 6.05. The highest BCUT2D eigenvalue weighted by Crippen LogP contribution is 2.41. The first-order valence-electron chi connectivity index (χ1n) is 11.5.